The van der Waals surface area contributed by atoms with Gasteiger partial charge in [0, 0.05) is 55.7 Å². The van der Waals surface area contributed by atoms with Crippen molar-refractivity contribution in [1.29, 1.82) is 0 Å². The van der Waals surface area contributed by atoms with Crippen molar-refractivity contribution in [2.75, 3.05) is 68.6 Å². The van der Waals surface area contributed by atoms with E-state index in [0.717, 1.165) is 17.8 Å². The van der Waals surface area contributed by atoms with Crippen molar-refractivity contribution in [3.63, 3.8) is 0 Å². The van der Waals surface area contributed by atoms with Gasteiger partial charge in [-0.05, 0) is 36.4 Å². The Kier molecular flexibility index (Phi) is 12.4. The van der Waals surface area contributed by atoms with E-state index < -0.39 is 0 Å². The Labute approximate surface area is 222 Å². The number of nitrogens with zero attached hydrogens (tertiary/aromatic N) is 4. The summed E-state index contributed by atoms with van der Waals surface area (Å²) in [5, 5.41) is 12.3. The fourth-order valence-electron chi connectivity index (χ4n) is 3.18. The molecule has 0 aliphatic carbocycles. The first-order valence-electron chi connectivity index (χ1n) is 12.4. The van der Waals surface area contributed by atoms with Gasteiger partial charge in [0.25, 0.3) is 5.91 Å². The van der Waals surface area contributed by atoms with Gasteiger partial charge in [0.15, 0.2) is 0 Å². The van der Waals surface area contributed by atoms with Crippen LogP contribution in [0.4, 0.5) is 23.5 Å². The number of carbonyl (C=O) groups excluding carboxylic acids is 1. The van der Waals surface area contributed by atoms with Crippen LogP contribution in [0.1, 0.15) is 16.1 Å². The van der Waals surface area contributed by atoms with Gasteiger partial charge in [0.1, 0.15) is 0 Å². The Balaban J connectivity index is 1.51. The number of hydrogen-bond acceptors (Lipinski definition) is 11. The van der Waals surface area contributed by atoms with E-state index in [0.29, 0.717) is 76.0 Å². The molecule has 1 amide bonds. The molecule has 0 aliphatic rings. The van der Waals surface area contributed by atoms with Gasteiger partial charge < -0.3 is 36.5 Å². The second-order valence-electron chi connectivity index (χ2n) is 7.95. The van der Waals surface area contributed by atoms with E-state index in [1.54, 1.807) is 36.5 Å². The minimum Gasteiger partial charge on any atom is -0.378 e. The van der Waals surface area contributed by atoms with Gasteiger partial charge in [-0.15, -0.1) is 6.58 Å². The highest BCUT2D eigenvalue weighted by Crippen LogP contribution is 2.17. The quantitative estimate of drug-likeness (QED) is 0.123. The average Bonchev–Trinajstić information content (AvgIpc) is 2.94. The predicted molar refractivity (Wildman–Crippen MR) is 148 cm³/mol. The van der Waals surface area contributed by atoms with Crippen molar-refractivity contribution in [3.05, 3.63) is 72.6 Å². The first kappa shape index (κ1) is 28.4. The number of amides is 1. The summed E-state index contributed by atoms with van der Waals surface area (Å²) in [6.45, 7) is 7.57. The lowest BCUT2D eigenvalue weighted by molar-refractivity contribution is 0.0511. The summed E-state index contributed by atoms with van der Waals surface area (Å²) >= 11 is 0. The zero-order valence-corrected chi connectivity index (χ0v) is 21.4. The molecule has 0 aliphatic heterocycles. The first-order valence-corrected chi connectivity index (χ1v) is 12.4. The standard InChI is InChI=1S/C26H35N9O3/c1-2-12-30-24-33-25(31-14-10-21-5-3-4-13-28-21)35-26(34-24)32-22-8-6-20(7-9-22)23(36)29-15-17-38-19-18-37-16-11-27/h2-9,13H,1,10-12,14-19,27H2,(H,29,36)(H3,30,31,32,33,34,35). The highest BCUT2D eigenvalue weighted by Gasteiger charge is 2.09. The van der Waals surface area contributed by atoms with Crippen molar-refractivity contribution in [1.82, 2.24) is 25.3 Å². The number of aromatic nitrogens is 4. The second-order valence-corrected chi connectivity index (χ2v) is 7.95. The Morgan fingerprint density at radius 1 is 0.895 bits per heavy atom. The number of benzene rings is 1. The Morgan fingerprint density at radius 3 is 2.34 bits per heavy atom. The topological polar surface area (TPSA) is 161 Å². The van der Waals surface area contributed by atoms with E-state index in [9.17, 15) is 4.79 Å². The van der Waals surface area contributed by atoms with Crippen LogP contribution in [0, 0.1) is 0 Å². The van der Waals surface area contributed by atoms with Crippen molar-refractivity contribution < 1.29 is 14.3 Å². The molecule has 0 atom stereocenters. The van der Waals surface area contributed by atoms with E-state index in [1.165, 1.54) is 0 Å². The average molecular weight is 522 g/mol. The van der Waals surface area contributed by atoms with E-state index >= 15 is 0 Å². The van der Waals surface area contributed by atoms with E-state index in [1.807, 2.05) is 18.2 Å². The number of carbonyl (C=O) groups is 1. The normalized spacial score (nSPS) is 10.6. The molecular weight excluding hydrogens is 486 g/mol. The van der Waals surface area contributed by atoms with Crippen molar-refractivity contribution in [2.24, 2.45) is 5.73 Å². The SMILES string of the molecule is C=CCNc1nc(NCCc2ccccn2)nc(Nc2ccc(C(=O)NCCOCCOCCN)cc2)n1. The van der Waals surface area contributed by atoms with Crippen LogP contribution in [-0.4, -0.2) is 78.4 Å². The molecule has 0 spiro atoms. The number of pyridine rings is 1. The molecule has 12 nitrogen and oxygen atoms in total. The van der Waals surface area contributed by atoms with Crippen LogP contribution in [-0.2, 0) is 15.9 Å². The monoisotopic (exact) mass is 521 g/mol. The lowest BCUT2D eigenvalue weighted by Crippen LogP contribution is -2.27. The summed E-state index contributed by atoms with van der Waals surface area (Å²) in [4.78, 5) is 30.0. The number of nitrogens with one attached hydrogen (secondary N) is 4. The van der Waals surface area contributed by atoms with Gasteiger partial charge in [-0.1, -0.05) is 12.1 Å². The smallest absolute Gasteiger partial charge is 0.251 e. The lowest BCUT2D eigenvalue weighted by Gasteiger charge is -2.11. The van der Waals surface area contributed by atoms with Crippen LogP contribution in [0.3, 0.4) is 0 Å². The fraction of sp³-hybridized carbons (Fsp3) is 0.346. The Morgan fingerprint density at radius 2 is 1.63 bits per heavy atom. The third kappa shape index (κ3) is 10.5. The molecular formula is C26H35N9O3. The first-order chi connectivity index (χ1) is 18.7. The fourth-order valence-corrected chi connectivity index (χ4v) is 3.18. The molecule has 3 rings (SSSR count). The van der Waals surface area contributed by atoms with Crippen molar-refractivity contribution in [3.8, 4) is 0 Å². The predicted octanol–water partition coefficient (Wildman–Crippen LogP) is 1.98. The third-order valence-corrected chi connectivity index (χ3v) is 5.00. The minimum atomic E-state index is -0.185. The Hall–Kier alpha value is -4.13. The minimum absolute atomic E-state index is 0.185. The molecule has 0 radical (unpaired) electrons. The summed E-state index contributed by atoms with van der Waals surface area (Å²) in [5.41, 5.74) is 7.58. The molecule has 6 N–H and O–H groups in total. The molecule has 0 saturated carbocycles. The number of hydrogen-bond donors (Lipinski definition) is 5. The summed E-state index contributed by atoms with van der Waals surface area (Å²) in [7, 11) is 0. The van der Waals surface area contributed by atoms with Gasteiger partial charge in [-0.2, -0.15) is 15.0 Å². The molecule has 0 bridgehead atoms. The largest absolute Gasteiger partial charge is 0.378 e. The van der Waals surface area contributed by atoms with Gasteiger partial charge in [-0.3, -0.25) is 9.78 Å². The number of anilines is 4. The van der Waals surface area contributed by atoms with Gasteiger partial charge in [0.2, 0.25) is 17.8 Å². The Bertz CT molecular complexity index is 1110. The summed E-state index contributed by atoms with van der Waals surface area (Å²) in [6, 6.07) is 12.8. The maximum atomic E-state index is 12.4. The molecule has 0 fully saturated rings. The van der Waals surface area contributed by atoms with Crippen molar-refractivity contribution in [2.45, 2.75) is 6.42 Å². The summed E-state index contributed by atoms with van der Waals surface area (Å²) in [5.74, 6) is 1.01. The van der Waals surface area contributed by atoms with Gasteiger partial charge in [0.05, 0.1) is 26.4 Å². The van der Waals surface area contributed by atoms with E-state index in [4.69, 9.17) is 15.2 Å². The van der Waals surface area contributed by atoms with E-state index in [-0.39, 0.29) is 5.91 Å². The summed E-state index contributed by atoms with van der Waals surface area (Å²) in [6.07, 6.45) is 4.21. The summed E-state index contributed by atoms with van der Waals surface area (Å²) < 4.78 is 10.6. The molecule has 0 unspecified atom stereocenters. The number of ether oxygens (including phenoxy) is 2. The van der Waals surface area contributed by atoms with Crippen LogP contribution in [0.2, 0.25) is 0 Å². The number of nitrogens with two attached hydrogens (primary N) is 1. The maximum Gasteiger partial charge on any atom is 0.251 e. The molecule has 2 heterocycles. The van der Waals surface area contributed by atoms with Gasteiger partial charge in [-0.25, -0.2) is 0 Å². The lowest BCUT2D eigenvalue weighted by atomic mass is 10.2. The third-order valence-electron chi connectivity index (χ3n) is 5.00. The van der Waals surface area contributed by atoms with E-state index in [2.05, 4.69) is 47.8 Å². The maximum absolute atomic E-state index is 12.4. The highest BCUT2D eigenvalue weighted by atomic mass is 16.5. The zero-order chi connectivity index (χ0) is 26.8. The van der Waals surface area contributed by atoms with Crippen LogP contribution in [0.5, 0.6) is 0 Å². The molecule has 3 aromatic rings. The molecule has 12 heteroatoms. The van der Waals surface area contributed by atoms with Crippen molar-refractivity contribution >= 4 is 29.4 Å². The molecule has 0 saturated heterocycles. The zero-order valence-electron chi connectivity index (χ0n) is 21.4. The van der Waals surface area contributed by atoms with Gasteiger partial charge >= 0.3 is 0 Å². The highest BCUT2D eigenvalue weighted by molar-refractivity contribution is 5.94. The van der Waals surface area contributed by atoms with Crippen LogP contribution in [0.25, 0.3) is 0 Å². The number of rotatable bonds is 18. The molecule has 202 valence electrons. The van der Waals surface area contributed by atoms with Crippen LogP contribution < -0.4 is 27.0 Å². The molecule has 1 aromatic carbocycles. The molecule has 38 heavy (non-hydrogen) atoms. The van der Waals surface area contributed by atoms with Crippen LogP contribution >= 0.6 is 0 Å². The molecule has 2 aromatic heterocycles. The second kappa shape index (κ2) is 16.6. The van der Waals surface area contributed by atoms with Crippen LogP contribution in [0.15, 0.2) is 61.3 Å².